The normalized spacial score (nSPS) is 16.5. The van der Waals surface area contributed by atoms with Crippen LogP contribution in [0.2, 0.25) is 0 Å². The average Bonchev–Trinajstić information content (AvgIpc) is 2.64. The van der Waals surface area contributed by atoms with Crippen molar-refractivity contribution in [1.82, 2.24) is 10.8 Å². The van der Waals surface area contributed by atoms with Gasteiger partial charge in [0.25, 0.3) is 0 Å². The Balaban J connectivity index is 2.00. The standard InChI is InChI=1S/C9H17N3O3/c10-8(13)6-15-11-5-9(14)12-7-3-1-2-4-7/h7,11H,1-6H2,(H2,10,13)(H,12,14). The first-order valence-electron chi connectivity index (χ1n) is 5.11. The largest absolute Gasteiger partial charge is 0.368 e. The quantitative estimate of drug-likeness (QED) is 0.393. The molecule has 1 aliphatic rings. The molecule has 0 spiro atoms. The van der Waals surface area contributed by atoms with E-state index in [1.54, 1.807) is 0 Å². The SMILES string of the molecule is NC(=O)CONCC(=O)NC1CCCC1. The average molecular weight is 215 g/mol. The molecule has 1 saturated carbocycles. The Morgan fingerprint density at radius 3 is 2.60 bits per heavy atom. The molecule has 6 nitrogen and oxygen atoms in total. The van der Waals surface area contributed by atoms with Gasteiger partial charge in [-0.05, 0) is 12.8 Å². The Hall–Kier alpha value is -1.14. The Morgan fingerprint density at radius 2 is 2.00 bits per heavy atom. The van der Waals surface area contributed by atoms with E-state index in [0.29, 0.717) is 6.04 Å². The molecule has 0 aromatic carbocycles. The molecule has 4 N–H and O–H groups in total. The van der Waals surface area contributed by atoms with Crippen LogP contribution in [0.5, 0.6) is 0 Å². The molecule has 1 aliphatic carbocycles. The van der Waals surface area contributed by atoms with E-state index in [9.17, 15) is 9.59 Å². The van der Waals surface area contributed by atoms with Crippen molar-refractivity contribution in [3.8, 4) is 0 Å². The van der Waals surface area contributed by atoms with Gasteiger partial charge >= 0.3 is 0 Å². The first-order valence-corrected chi connectivity index (χ1v) is 5.11. The molecule has 1 fully saturated rings. The highest BCUT2D eigenvalue weighted by Crippen LogP contribution is 2.17. The first kappa shape index (κ1) is 11.9. The summed E-state index contributed by atoms with van der Waals surface area (Å²) in [5, 5.41) is 2.87. The lowest BCUT2D eigenvalue weighted by Crippen LogP contribution is -2.39. The molecule has 0 saturated heterocycles. The number of amides is 2. The third-order valence-corrected chi connectivity index (χ3v) is 2.27. The van der Waals surface area contributed by atoms with Crippen molar-refractivity contribution in [3.05, 3.63) is 0 Å². The zero-order chi connectivity index (χ0) is 11.1. The number of carbonyl (C=O) groups is 2. The van der Waals surface area contributed by atoms with E-state index < -0.39 is 5.91 Å². The predicted octanol–water partition coefficient (Wildman–Crippen LogP) is -0.948. The van der Waals surface area contributed by atoms with Gasteiger partial charge in [-0.25, -0.2) is 0 Å². The van der Waals surface area contributed by atoms with Crippen LogP contribution in [0.1, 0.15) is 25.7 Å². The summed E-state index contributed by atoms with van der Waals surface area (Å²) in [6.45, 7) is -0.180. The number of nitrogens with two attached hydrogens (primary N) is 1. The maximum atomic E-state index is 11.3. The summed E-state index contributed by atoms with van der Waals surface area (Å²) in [5.41, 5.74) is 7.21. The van der Waals surface area contributed by atoms with Gasteiger partial charge in [-0.15, -0.1) is 0 Å². The van der Waals surface area contributed by atoms with E-state index in [0.717, 1.165) is 12.8 Å². The van der Waals surface area contributed by atoms with Crippen molar-refractivity contribution in [3.63, 3.8) is 0 Å². The monoisotopic (exact) mass is 215 g/mol. The molecule has 0 aliphatic heterocycles. The minimum absolute atomic E-state index is 0.0454. The number of nitrogens with one attached hydrogen (secondary N) is 2. The summed E-state index contributed by atoms with van der Waals surface area (Å²) in [6, 6.07) is 0.301. The van der Waals surface area contributed by atoms with Crippen molar-refractivity contribution < 1.29 is 14.4 Å². The van der Waals surface area contributed by atoms with E-state index >= 15 is 0 Å². The van der Waals surface area contributed by atoms with Crippen LogP contribution in [0.15, 0.2) is 0 Å². The number of rotatable bonds is 6. The van der Waals surface area contributed by atoms with E-state index in [1.807, 2.05) is 0 Å². The molecule has 2 amide bonds. The van der Waals surface area contributed by atoms with Gasteiger partial charge in [-0.2, -0.15) is 5.48 Å². The fourth-order valence-electron chi connectivity index (χ4n) is 1.59. The second-order valence-electron chi connectivity index (χ2n) is 3.62. The third kappa shape index (κ3) is 5.34. The molecule has 0 aromatic heterocycles. The first-order chi connectivity index (χ1) is 7.18. The second kappa shape index (κ2) is 6.36. The molecule has 0 radical (unpaired) electrons. The molecular weight excluding hydrogens is 198 g/mol. The van der Waals surface area contributed by atoms with Crippen LogP contribution in [0, 0.1) is 0 Å². The highest BCUT2D eigenvalue weighted by atomic mass is 16.6. The lowest BCUT2D eigenvalue weighted by Gasteiger charge is -2.11. The number of carbonyl (C=O) groups excluding carboxylic acids is 2. The lowest BCUT2D eigenvalue weighted by molar-refractivity contribution is -0.129. The molecule has 0 aromatic rings. The zero-order valence-corrected chi connectivity index (χ0v) is 8.62. The van der Waals surface area contributed by atoms with Gasteiger partial charge in [0.15, 0.2) is 0 Å². The number of primary amides is 1. The Kier molecular flexibility index (Phi) is 5.06. The summed E-state index contributed by atoms with van der Waals surface area (Å²) in [7, 11) is 0. The highest BCUT2D eigenvalue weighted by Gasteiger charge is 2.16. The van der Waals surface area contributed by atoms with Gasteiger partial charge in [-0.3, -0.25) is 14.4 Å². The van der Waals surface area contributed by atoms with Gasteiger partial charge in [0.05, 0.1) is 6.54 Å². The van der Waals surface area contributed by atoms with Crippen molar-refractivity contribution in [2.75, 3.05) is 13.2 Å². The molecule has 0 heterocycles. The van der Waals surface area contributed by atoms with Crippen molar-refractivity contribution in [2.24, 2.45) is 5.73 Å². The van der Waals surface area contributed by atoms with Gasteiger partial charge in [0.2, 0.25) is 11.8 Å². The smallest absolute Gasteiger partial charge is 0.245 e. The molecule has 0 unspecified atom stereocenters. The predicted molar refractivity (Wildman–Crippen MR) is 53.5 cm³/mol. The van der Waals surface area contributed by atoms with Crippen molar-refractivity contribution in [1.29, 1.82) is 0 Å². The Morgan fingerprint density at radius 1 is 1.33 bits per heavy atom. The number of hydroxylamine groups is 1. The van der Waals surface area contributed by atoms with Gasteiger partial charge in [-0.1, -0.05) is 12.8 Å². The summed E-state index contributed by atoms with van der Waals surface area (Å²) >= 11 is 0. The van der Waals surface area contributed by atoms with Crippen LogP contribution in [0.3, 0.4) is 0 Å². The van der Waals surface area contributed by atoms with Crippen molar-refractivity contribution in [2.45, 2.75) is 31.7 Å². The van der Waals surface area contributed by atoms with E-state index in [4.69, 9.17) is 5.73 Å². The lowest BCUT2D eigenvalue weighted by atomic mass is 10.2. The Bertz CT molecular complexity index is 227. The number of hydrogen-bond acceptors (Lipinski definition) is 4. The molecule has 15 heavy (non-hydrogen) atoms. The van der Waals surface area contributed by atoms with E-state index in [1.165, 1.54) is 12.8 Å². The van der Waals surface area contributed by atoms with Gasteiger partial charge in [0, 0.05) is 6.04 Å². The molecule has 0 bridgehead atoms. The molecule has 1 rings (SSSR count). The molecule has 86 valence electrons. The van der Waals surface area contributed by atoms with Crippen LogP contribution in [-0.4, -0.2) is 31.0 Å². The van der Waals surface area contributed by atoms with Crippen LogP contribution in [0.25, 0.3) is 0 Å². The van der Waals surface area contributed by atoms with Crippen LogP contribution >= 0.6 is 0 Å². The maximum absolute atomic E-state index is 11.3. The van der Waals surface area contributed by atoms with E-state index in [2.05, 4.69) is 15.6 Å². The minimum Gasteiger partial charge on any atom is -0.368 e. The van der Waals surface area contributed by atoms with Crippen molar-refractivity contribution >= 4 is 11.8 Å². The summed E-state index contributed by atoms with van der Waals surface area (Å²) in [5.74, 6) is -0.690. The number of hydrogen-bond donors (Lipinski definition) is 3. The topological polar surface area (TPSA) is 93.5 Å². The van der Waals surface area contributed by atoms with Gasteiger partial charge in [0.1, 0.15) is 6.61 Å². The van der Waals surface area contributed by atoms with Crippen LogP contribution in [-0.2, 0) is 14.4 Å². The summed E-state index contributed by atoms with van der Waals surface area (Å²) in [4.78, 5) is 26.2. The maximum Gasteiger partial charge on any atom is 0.245 e. The molecule has 6 heteroatoms. The van der Waals surface area contributed by atoms with Crippen LogP contribution in [0.4, 0.5) is 0 Å². The fraction of sp³-hybridized carbons (Fsp3) is 0.778. The minimum atomic E-state index is -0.571. The third-order valence-electron chi connectivity index (χ3n) is 2.27. The summed E-state index contributed by atoms with van der Waals surface area (Å²) in [6.07, 6.45) is 4.45. The molecular formula is C9H17N3O3. The second-order valence-corrected chi connectivity index (χ2v) is 3.62. The summed E-state index contributed by atoms with van der Waals surface area (Å²) < 4.78 is 0. The highest BCUT2D eigenvalue weighted by molar-refractivity contribution is 5.78. The van der Waals surface area contributed by atoms with Gasteiger partial charge < -0.3 is 11.1 Å². The zero-order valence-electron chi connectivity index (χ0n) is 8.62. The molecule has 0 atom stereocenters. The van der Waals surface area contributed by atoms with E-state index in [-0.39, 0.29) is 19.1 Å². The fourth-order valence-corrected chi connectivity index (χ4v) is 1.59. The van der Waals surface area contributed by atoms with Crippen LogP contribution < -0.4 is 16.5 Å². The Labute approximate surface area is 88.5 Å².